The van der Waals surface area contributed by atoms with Gasteiger partial charge >= 0.3 is 18.1 Å². The fraction of sp³-hybridized carbons (Fsp3) is 0.227. The normalized spacial score (nSPS) is 11.2. The molecule has 0 spiro atoms. The molecule has 0 saturated carbocycles. The lowest BCUT2D eigenvalue weighted by Crippen LogP contribution is -2.21. The minimum atomic E-state index is -0.665. The van der Waals surface area contributed by atoms with Crippen LogP contribution in [0.15, 0.2) is 170 Å². The molecule has 9 N–H and O–H groups in total. The number of rotatable bonds is 15. The van der Waals surface area contributed by atoms with E-state index in [2.05, 4.69) is 78.1 Å². The molecule has 6 aromatic carbocycles. The van der Waals surface area contributed by atoms with Crippen LogP contribution in [0.25, 0.3) is 32.9 Å². The second kappa shape index (κ2) is 26.1. The summed E-state index contributed by atoms with van der Waals surface area (Å²) in [6.45, 7) is 17.5. The molecule has 18 heteroatoms. The number of hydrogen-bond acceptors (Lipinski definition) is 10. The Morgan fingerprint density at radius 1 is 0.500 bits per heavy atom. The lowest BCUT2D eigenvalue weighted by molar-refractivity contribution is 0.259. The summed E-state index contributed by atoms with van der Waals surface area (Å²) in [4.78, 5) is 45.8. The second-order valence-electron chi connectivity index (χ2n) is 22.1. The zero-order valence-electron chi connectivity index (χ0n) is 47.9. The zero-order valence-corrected chi connectivity index (χ0v) is 47.9. The number of nitrogens with two attached hydrogens (primary N) is 2. The summed E-state index contributed by atoms with van der Waals surface area (Å²) in [6.07, 6.45) is 4.61. The molecule has 0 bridgehead atoms. The Bertz CT molecular complexity index is 3930. The number of fused-ring (bicyclic) bond motifs is 2. The summed E-state index contributed by atoms with van der Waals surface area (Å²) < 4.78 is 15.8. The molecule has 6 amide bonds. The summed E-state index contributed by atoms with van der Waals surface area (Å²) in [5, 5.41) is 27.6. The SMILES string of the molecule is C.Cc1ccc(-n2nc(C(C)(C)C)cc2NC(=O)Nc2ccc(OCCc3ccnc(N)c3)c3ccccc23)cc1.Cc1ccc(-n2nc(C(C)(C)C)cc2NC(=O)Nc2ccc(OCCc3ccnc(NC(N)=O)c3)c3ccccc23)cc1. The van der Waals surface area contributed by atoms with Gasteiger partial charge in [0.05, 0.1) is 47.4 Å². The predicted octanol–water partition coefficient (Wildman–Crippen LogP) is 14.3. The van der Waals surface area contributed by atoms with Crippen molar-refractivity contribution in [1.82, 2.24) is 29.5 Å². The molecule has 10 aromatic rings. The number of nitrogen functional groups attached to an aromatic ring is 1. The molecule has 0 saturated heterocycles. The van der Waals surface area contributed by atoms with E-state index in [1.165, 1.54) is 0 Å². The Hall–Kier alpha value is -10.2. The van der Waals surface area contributed by atoms with Gasteiger partial charge in [-0.05, 0) is 97.8 Å². The van der Waals surface area contributed by atoms with E-state index in [9.17, 15) is 14.4 Å². The van der Waals surface area contributed by atoms with E-state index in [0.29, 0.717) is 66.5 Å². The summed E-state index contributed by atoms with van der Waals surface area (Å²) in [5.74, 6) is 3.48. The van der Waals surface area contributed by atoms with Crippen LogP contribution in [0.1, 0.15) is 82.6 Å². The molecule has 0 aliphatic carbocycles. The van der Waals surface area contributed by atoms with Crippen molar-refractivity contribution in [2.45, 2.75) is 86.5 Å². The maximum Gasteiger partial charge on any atom is 0.324 e. The van der Waals surface area contributed by atoms with E-state index >= 15 is 0 Å². The molecule has 0 unspecified atom stereocenters. The predicted molar refractivity (Wildman–Crippen MR) is 338 cm³/mol. The quantitative estimate of drug-likeness (QED) is 0.0512. The first kappa shape index (κ1) is 59.9. The van der Waals surface area contributed by atoms with Crippen molar-refractivity contribution in [1.29, 1.82) is 0 Å². The van der Waals surface area contributed by atoms with Gasteiger partial charge in [-0.15, -0.1) is 0 Å². The molecule has 18 nitrogen and oxygen atoms in total. The highest BCUT2D eigenvalue weighted by molar-refractivity contribution is 6.08. The Labute approximate surface area is 490 Å². The molecular weight excluding hydrogens is 1050 g/mol. The number of primary amides is 1. The highest BCUT2D eigenvalue weighted by Gasteiger charge is 2.24. The maximum absolute atomic E-state index is 13.3. The van der Waals surface area contributed by atoms with Crippen LogP contribution in [-0.2, 0) is 23.7 Å². The number of ether oxygens (including phenoxy) is 2. The number of nitrogens with one attached hydrogen (secondary N) is 5. The average Bonchev–Trinajstić information content (AvgIpc) is 4.17. The Morgan fingerprint density at radius 2 is 0.917 bits per heavy atom. The Morgan fingerprint density at radius 3 is 1.33 bits per heavy atom. The van der Waals surface area contributed by atoms with Crippen molar-refractivity contribution in [2.75, 3.05) is 45.5 Å². The van der Waals surface area contributed by atoms with Gasteiger partial charge in [0.15, 0.2) is 0 Å². The topological polar surface area (TPSA) is 243 Å². The third kappa shape index (κ3) is 15.2. The van der Waals surface area contributed by atoms with Crippen LogP contribution in [0, 0.1) is 13.8 Å². The molecular formula is C66H73N13O5. The Kier molecular flexibility index (Phi) is 18.6. The molecule has 0 fully saturated rings. The van der Waals surface area contributed by atoms with Gasteiger partial charge in [0.1, 0.15) is 34.8 Å². The Balaban J connectivity index is 0.000000217. The van der Waals surface area contributed by atoms with Crippen LogP contribution in [-0.4, -0.2) is 60.8 Å². The molecule has 4 aromatic heterocycles. The summed E-state index contributed by atoms with van der Waals surface area (Å²) in [5.41, 5.74) is 19.7. The largest absolute Gasteiger partial charge is 0.493 e. The zero-order chi connectivity index (χ0) is 58.8. The van der Waals surface area contributed by atoms with Gasteiger partial charge in [0.25, 0.3) is 0 Å². The molecule has 0 aliphatic heterocycles. The standard InChI is InChI=1S/C33H35N7O3.C32H34N6O2.CH4/c1-21-9-11-23(12-10-21)40-30(20-28(39-40)33(2,3)4)38-32(42)36-26-13-14-27(25-8-6-5-7-24(25)26)43-18-16-22-15-17-35-29(19-22)37-31(34)41;1-21-9-11-23(12-10-21)38-30(20-28(37-38)32(2,3)4)36-31(39)35-26-13-14-27(25-8-6-5-7-24(25)26)40-18-16-22-15-17-34-29(33)19-22;/h5-15,17,19-20H,16,18H2,1-4H3,(H2,36,38,42)(H3,34,35,37,41);5-15,17,19-20H,16,18H2,1-4H3,(H2,33,34)(H2,35,36,39);1H4. The van der Waals surface area contributed by atoms with Crippen molar-refractivity contribution < 1.29 is 23.9 Å². The number of anilines is 6. The molecule has 0 atom stereocenters. The van der Waals surface area contributed by atoms with Crippen molar-refractivity contribution in [2.24, 2.45) is 5.73 Å². The first-order valence-corrected chi connectivity index (χ1v) is 27.3. The lowest BCUT2D eigenvalue weighted by atomic mass is 9.92. The smallest absolute Gasteiger partial charge is 0.324 e. The summed E-state index contributed by atoms with van der Waals surface area (Å²) >= 11 is 0. The van der Waals surface area contributed by atoms with E-state index in [4.69, 9.17) is 31.1 Å². The van der Waals surface area contributed by atoms with Gasteiger partial charge in [0, 0.05) is 69.7 Å². The number of aromatic nitrogens is 6. The van der Waals surface area contributed by atoms with E-state index in [1.54, 1.807) is 27.8 Å². The molecule has 432 valence electrons. The number of benzene rings is 6. The van der Waals surface area contributed by atoms with Crippen molar-refractivity contribution in [3.8, 4) is 22.9 Å². The van der Waals surface area contributed by atoms with Gasteiger partial charge in [-0.1, -0.05) is 133 Å². The van der Waals surface area contributed by atoms with Crippen LogP contribution in [0.2, 0.25) is 0 Å². The minimum Gasteiger partial charge on any atom is -0.493 e. The average molecular weight is 1130 g/mol. The number of pyridine rings is 2. The fourth-order valence-corrected chi connectivity index (χ4v) is 9.02. The highest BCUT2D eigenvalue weighted by Crippen LogP contribution is 2.35. The first-order valence-electron chi connectivity index (χ1n) is 27.3. The fourth-order valence-electron chi connectivity index (χ4n) is 9.02. The molecule has 84 heavy (non-hydrogen) atoms. The number of amides is 6. The third-order valence-electron chi connectivity index (χ3n) is 13.5. The van der Waals surface area contributed by atoms with Gasteiger partial charge in [-0.2, -0.15) is 10.2 Å². The molecule has 0 radical (unpaired) electrons. The van der Waals surface area contributed by atoms with Crippen LogP contribution < -0.4 is 47.5 Å². The number of nitrogens with zero attached hydrogens (tertiary/aromatic N) is 6. The van der Waals surface area contributed by atoms with Crippen LogP contribution in [0.3, 0.4) is 0 Å². The summed E-state index contributed by atoms with van der Waals surface area (Å²) in [7, 11) is 0. The number of carbonyl (C=O) groups is 3. The number of urea groups is 3. The minimum absolute atomic E-state index is 0. The van der Waals surface area contributed by atoms with E-state index < -0.39 is 6.03 Å². The number of hydrogen-bond donors (Lipinski definition) is 7. The lowest BCUT2D eigenvalue weighted by Gasteiger charge is -2.14. The third-order valence-corrected chi connectivity index (χ3v) is 13.5. The van der Waals surface area contributed by atoms with E-state index in [-0.39, 0.29) is 30.3 Å². The van der Waals surface area contributed by atoms with Crippen LogP contribution in [0.4, 0.5) is 49.0 Å². The van der Waals surface area contributed by atoms with Crippen molar-refractivity contribution in [3.05, 3.63) is 204 Å². The van der Waals surface area contributed by atoms with Gasteiger partial charge in [-0.25, -0.2) is 33.7 Å². The van der Waals surface area contributed by atoms with Crippen LogP contribution >= 0.6 is 0 Å². The molecule has 10 rings (SSSR count). The van der Waals surface area contributed by atoms with Crippen molar-refractivity contribution in [3.63, 3.8) is 0 Å². The maximum atomic E-state index is 13.3. The van der Waals surface area contributed by atoms with Crippen LogP contribution in [0.5, 0.6) is 11.5 Å². The van der Waals surface area contributed by atoms with Crippen molar-refractivity contribution >= 4 is 74.3 Å². The highest BCUT2D eigenvalue weighted by atomic mass is 16.5. The summed E-state index contributed by atoms with van der Waals surface area (Å²) in [6, 6.07) is 48.9. The van der Waals surface area contributed by atoms with E-state index in [1.807, 2.05) is 166 Å². The monoisotopic (exact) mass is 1130 g/mol. The molecule has 4 heterocycles. The van der Waals surface area contributed by atoms with Gasteiger partial charge in [-0.3, -0.25) is 16.0 Å². The van der Waals surface area contributed by atoms with E-state index in [0.717, 1.165) is 72.3 Å². The van der Waals surface area contributed by atoms with Gasteiger partial charge < -0.3 is 31.6 Å². The second-order valence-corrected chi connectivity index (χ2v) is 22.1. The molecule has 0 aliphatic rings. The number of aryl methyl sites for hydroxylation is 2. The first-order chi connectivity index (χ1) is 39.7. The number of carbonyl (C=O) groups excluding carboxylic acids is 3. The van der Waals surface area contributed by atoms with Gasteiger partial charge in [0.2, 0.25) is 0 Å².